The molecule has 1 amide bonds. The standard InChI is InChI=1S/C9H11N3O2/c1-5-6-4-11-9(8(10)13)12-7(6)2-3-14-5/h4-5H,2-3H2,1H3,(H2,10,13). The molecule has 5 heteroatoms. The summed E-state index contributed by atoms with van der Waals surface area (Å²) in [4.78, 5) is 18.8. The van der Waals surface area contributed by atoms with Gasteiger partial charge in [0.15, 0.2) is 0 Å². The van der Waals surface area contributed by atoms with Crippen LogP contribution in [-0.2, 0) is 11.2 Å². The highest BCUT2D eigenvalue weighted by molar-refractivity contribution is 5.88. The number of nitrogens with zero attached hydrogens (tertiary/aromatic N) is 2. The van der Waals surface area contributed by atoms with E-state index in [0.717, 1.165) is 11.3 Å². The molecule has 14 heavy (non-hydrogen) atoms. The summed E-state index contributed by atoms with van der Waals surface area (Å²) in [6, 6.07) is 0. The van der Waals surface area contributed by atoms with E-state index in [9.17, 15) is 4.79 Å². The Morgan fingerprint density at radius 2 is 2.50 bits per heavy atom. The van der Waals surface area contributed by atoms with Crippen LogP contribution in [0.15, 0.2) is 6.20 Å². The van der Waals surface area contributed by atoms with E-state index in [1.807, 2.05) is 6.92 Å². The van der Waals surface area contributed by atoms with Gasteiger partial charge < -0.3 is 10.5 Å². The highest BCUT2D eigenvalue weighted by atomic mass is 16.5. The maximum absolute atomic E-state index is 10.8. The van der Waals surface area contributed by atoms with E-state index in [4.69, 9.17) is 10.5 Å². The molecule has 0 spiro atoms. The predicted molar refractivity (Wildman–Crippen MR) is 48.6 cm³/mol. The number of hydrogen-bond donors (Lipinski definition) is 1. The van der Waals surface area contributed by atoms with Crippen molar-refractivity contribution in [2.45, 2.75) is 19.4 Å². The number of fused-ring (bicyclic) bond motifs is 1. The zero-order valence-electron chi connectivity index (χ0n) is 7.86. The normalized spacial score (nSPS) is 20.2. The second-order valence-electron chi connectivity index (χ2n) is 3.22. The molecular weight excluding hydrogens is 182 g/mol. The van der Waals surface area contributed by atoms with E-state index < -0.39 is 5.91 Å². The first kappa shape index (κ1) is 9.08. The zero-order valence-corrected chi connectivity index (χ0v) is 7.86. The van der Waals surface area contributed by atoms with E-state index in [0.29, 0.717) is 13.0 Å². The van der Waals surface area contributed by atoms with E-state index in [2.05, 4.69) is 9.97 Å². The fourth-order valence-electron chi connectivity index (χ4n) is 1.51. The van der Waals surface area contributed by atoms with Crippen LogP contribution < -0.4 is 5.73 Å². The lowest BCUT2D eigenvalue weighted by molar-refractivity contribution is 0.0536. The van der Waals surface area contributed by atoms with Crippen LogP contribution in [0.25, 0.3) is 0 Å². The van der Waals surface area contributed by atoms with Crippen molar-refractivity contribution in [1.29, 1.82) is 0 Å². The molecule has 1 aliphatic rings. The fourth-order valence-corrected chi connectivity index (χ4v) is 1.51. The summed E-state index contributed by atoms with van der Waals surface area (Å²) < 4.78 is 5.41. The molecule has 1 aromatic heterocycles. The van der Waals surface area contributed by atoms with Gasteiger partial charge in [0.25, 0.3) is 5.91 Å². The summed E-state index contributed by atoms with van der Waals surface area (Å²) in [5, 5.41) is 0. The molecule has 0 fully saturated rings. The van der Waals surface area contributed by atoms with E-state index in [-0.39, 0.29) is 11.9 Å². The fraction of sp³-hybridized carbons (Fsp3) is 0.444. The molecule has 0 saturated heterocycles. The highest BCUT2D eigenvalue weighted by Gasteiger charge is 2.19. The van der Waals surface area contributed by atoms with Crippen molar-refractivity contribution < 1.29 is 9.53 Å². The van der Waals surface area contributed by atoms with Gasteiger partial charge in [0.2, 0.25) is 5.82 Å². The van der Waals surface area contributed by atoms with Crippen molar-refractivity contribution in [2.24, 2.45) is 5.73 Å². The van der Waals surface area contributed by atoms with E-state index >= 15 is 0 Å². The van der Waals surface area contributed by atoms with Crippen molar-refractivity contribution in [3.8, 4) is 0 Å². The van der Waals surface area contributed by atoms with Crippen LogP contribution in [0.1, 0.15) is 34.9 Å². The minimum Gasteiger partial charge on any atom is -0.373 e. The molecule has 0 bridgehead atoms. The van der Waals surface area contributed by atoms with Gasteiger partial charge in [-0.15, -0.1) is 0 Å². The van der Waals surface area contributed by atoms with Crippen molar-refractivity contribution in [2.75, 3.05) is 6.61 Å². The molecule has 0 aromatic carbocycles. The first-order valence-electron chi connectivity index (χ1n) is 4.45. The number of ether oxygens (including phenoxy) is 1. The Bertz CT molecular complexity index is 378. The maximum Gasteiger partial charge on any atom is 0.286 e. The predicted octanol–water partition coefficient (Wildman–Crippen LogP) is 0.209. The lowest BCUT2D eigenvalue weighted by atomic mass is 10.1. The Morgan fingerprint density at radius 3 is 3.21 bits per heavy atom. The molecule has 0 radical (unpaired) electrons. The van der Waals surface area contributed by atoms with Gasteiger partial charge in [-0.25, -0.2) is 9.97 Å². The summed E-state index contributed by atoms with van der Waals surface area (Å²) in [6.45, 7) is 2.56. The topological polar surface area (TPSA) is 78.1 Å². The zero-order chi connectivity index (χ0) is 10.1. The van der Waals surface area contributed by atoms with Gasteiger partial charge in [-0.2, -0.15) is 0 Å². The van der Waals surface area contributed by atoms with Crippen LogP contribution in [0.4, 0.5) is 0 Å². The molecule has 1 aliphatic heterocycles. The first-order valence-corrected chi connectivity index (χ1v) is 4.45. The smallest absolute Gasteiger partial charge is 0.286 e. The molecule has 2 N–H and O–H groups in total. The van der Waals surface area contributed by atoms with Crippen molar-refractivity contribution in [3.05, 3.63) is 23.3 Å². The van der Waals surface area contributed by atoms with Crippen molar-refractivity contribution in [1.82, 2.24) is 9.97 Å². The molecule has 1 unspecified atom stereocenters. The summed E-state index contributed by atoms with van der Waals surface area (Å²) in [5.41, 5.74) is 6.90. The summed E-state index contributed by atoms with van der Waals surface area (Å²) in [5.74, 6) is -0.509. The van der Waals surface area contributed by atoms with E-state index in [1.165, 1.54) is 0 Å². The summed E-state index contributed by atoms with van der Waals surface area (Å²) in [6.07, 6.45) is 2.33. The Kier molecular flexibility index (Phi) is 2.17. The van der Waals surface area contributed by atoms with Gasteiger partial charge in [-0.1, -0.05) is 0 Å². The molecule has 2 rings (SSSR count). The van der Waals surface area contributed by atoms with E-state index in [1.54, 1.807) is 6.20 Å². The molecular formula is C9H11N3O2. The third kappa shape index (κ3) is 1.46. The average Bonchev–Trinajstić information content (AvgIpc) is 2.17. The number of primary amides is 1. The lowest BCUT2D eigenvalue weighted by Gasteiger charge is -2.21. The maximum atomic E-state index is 10.8. The Labute approximate surface area is 81.3 Å². The molecule has 74 valence electrons. The van der Waals surface area contributed by atoms with Gasteiger partial charge in [-0.05, 0) is 6.92 Å². The number of nitrogens with two attached hydrogens (primary N) is 1. The SMILES string of the molecule is CC1OCCc2nc(C(N)=O)ncc21. The number of carbonyl (C=O) groups is 1. The molecule has 0 saturated carbocycles. The monoisotopic (exact) mass is 193 g/mol. The van der Waals surface area contributed by atoms with Gasteiger partial charge in [0.05, 0.1) is 18.4 Å². The largest absolute Gasteiger partial charge is 0.373 e. The quantitative estimate of drug-likeness (QED) is 0.691. The Morgan fingerprint density at radius 1 is 1.71 bits per heavy atom. The van der Waals surface area contributed by atoms with Crippen LogP contribution in [0.5, 0.6) is 0 Å². The van der Waals surface area contributed by atoms with Gasteiger partial charge in [0, 0.05) is 18.2 Å². The van der Waals surface area contributed by atoms with Gasteiger partial charge >= 0.3 is 0 Å². The van der Waals surface area contributed by atoms with Crippen LogP contribution >= 0.6 is 0 Å². The molecule has 1 atom stereocenters. The lowest BCUT2D eigenvalue weighted by Crippen LogP contribution is -2.21. The van der Waals surface area contributed by atoms with Crippen LogP contribution in [-0.4, -0.2) is 22.5 Å². The third-order valence-corrected chi connectivity index (χ3v) is 2.27. The van der Waals surface area contributed by atoms with Crippen molar-refractivity contribution in [3.63, 3.8) is 0 Å². The van der Waals surface area contributed by atoms with Gasteiger partial charge in [-0.3, -0.25) is 4.79 Å². The summed E-state index contributed by atoms with van der Waals surface area (Å²) >= 11 is 0. The number of carbonyl (C=O) groups excluding carboxylic acids is 1. The Balaban J connectivity index is 2.44. The number of aromatic nitrogens is 2. The first-order chi connectivity index (χ1) is 6.68. The minimum absolute atomic E-state index is 0.000626. The highest BCUT2D eigenvalue weighted by Crippen LogP contribution is 2.24. The number of hydrogen-bond acceptors (Lipinski definition) is 4. The third-order valence-electron chi connectivity index (χ3n) is 2.27. The average molecular weight is 193 g/mol. The molecule has 1 aromatic rings. The summed E-state index contributed by atoms with van der Waals surface area (Å²) in [7, 11) is 0. The molecule has 5 nitrogen and oxygen atoms in total. The van der Waals surface area contributed by atoms with Gasteiger partial charge in [0.1, 0.15) is 0 Å². The minimum atomic E-state index is -0.591. The van der Waals surface area contributed by atoms with Crippen LogP contribution in [0.3, 0.4) is 0 Å². The van der Waals surface area contributed by atoms with Crippen molar-refractivity contribution >= 4 is 5.91 Å². The number of amides is 1. The second kappa shape index (κ2) is 3.34. The molecule has 0 aliphatic carbocycles. The van der Waals surface area contributed by atoms with Crippen LogP contribution in [0.2, 0.25) is 0 Å². The second-order valence-corrected chi connectivity index (χ2v) is 3.22. The van der Waals surface area contributed by atoms with Crippen LogP contribution in [0, 0.1) is 0 Å². The Hall–Kier alpha value is -1.49. The number of rotatable bonds is 1. The molecule has 2 heterocycles.